The SMILES string of the molecule is CC1(O)CCC(N2CC(CC(=O)NC(C)(C)c3ncccn3)(NC(=O)C3=NCC(c4ccc(F)cc4F)=C3)C2)CC1. The van der Waals surface area contributed by atoms with Gasteiger partial charge in [0.05, 0.1) is 29.6 Å². The van der Waals surface area contributed by atoms with E-state index in [-0.39, 0.29) is 36.2 Å². The molecule has 2 aliphatic heterocycles. The Kier molecular flexibility index (Phi) is 7.78. The van der Waals surface area contributed by atoms with Crippen LogP contribution in [0.3, 0.4) is 0 Å². The van der Waals surface area contributed by atoms with Crippen LogP contribution in [-0.4, -0.2) is 74.3 Å². The minimum Gasteiger partial charge on any atom is -0.390 e. The highest BCUT2D eigenvalue weighted by atomic mass is 19.1. The quantitative estimate of drug-likeness (QED) is 0.452. The first-order valence-electron chi connectivity index (χ1n) is 13.9. The lowest BCUT2D eigenvalue weighted by Gasteiger charge is -2.54. The number of benzene rings is 1. The second kappa shape index (κ2) is 11.0. The van der Waals surface area contributed by atoms with Gasteiger partial charge < -0.3 is 15.7 Å². The second-order valence-corrected chi connectivity index (χ2v) is 12.3. The molecule has 1 saturated heterocycles. The smallest absolute Gasteiger partial charge is 0.269 e. The Morgan fingerprint density at radius 3 is 2.49 bits per heavy atom. The summed E-state index contributed by atoms with van der Waals surface area (Å²) in [6, 6.07) is 5.27. The number of rotatable bonds is 8. The molecule has 11 heteroatoms. The molecule has 2 aromatic rings. The first-order chi connectivity index (χ1) is 19.3. The number of amides is 2. The minimum atomic E-state index is -0.838. The van der Waals surface area contributed by atoms with Gasteiger partial charge in [-0.3, -0.25) is 19.5 Å². The van der Waals surface area contributed by atoms with Crippen molar-refractivity contribution in [2.45, 2.75) is 75.6 Å². The Bertz CT molecular complexity index is 1380. The van der Waals surface area contributed by atoms with Crippen LogP contribution in [0, 0.1) is 11.6 Å². The zero-order valence-corrected chi connectivity index (χ0v) is 23.6. The summed E-state index contributed by atoms with van der Waals surface area (Å²) >= 11 is 0. The van der Waals surface area contributed by atoms with Crippen molar-refractivity contribution in [3.8, 4) is 0 Å². The number of nitrogens with zero attached hydrogens (tertiary/aromatic N) is 4. The molecule has 3 heterocycles. The molecule has 1 aromatic heterocycles. The molecule has 0 unspecified atom stereocenters. The maximum atomic E-state index is 14.3. The van der Waals surface area contributed by atoms with Gasteiger partial charge in [-0.1, -0.05) is 0 Å². The molecule has 0 atom stereocenters. The lowest BCUT2D eigenvalue weighted by molar-refractivity contribution is -0.130. The lowest BCUT2D eigenvalue weighted by Crippen LogP contribution is -2.74. The van der Waals surface area contributed by atoms with Crippen LogP contribution in [-0.2, 0) is 15.1 Å². The number of halogens is 2. The van der Waals surface area contributed by atoms with Gasteiger partial charge in [0.25, 0.3) is 5.91 Å². The van der Waals surface area contributed by atoms with Crippen LogP contribution in [0.25, 0.3) is 5.57 Å². The van der Waals surface area contributed by atoms with Crippen molar-refractivity contribution in [1.82, 2.24) is 25.5 Å². The zero-order valence-electron chi connectivity index (χ0n) is 23.6. The highest BCUT2D eigenvalue weighted by Gasteiger charge is 2.49. The second-order valence-electron chi connectivity index (χ2n) is 12.3. The first kappa shape index (κ1) is 28.9. The van der Waals surface area contributed by atoms with Crippen LogP contribution in [0.1, 0.15) is 64.3 Å². The summed E-state index contributed by atoms with van der Waals surface area (Å²) in [5.41, 5.74) is -1.52. The summed E-state index contributed by atoms with van der Waals surface area (Å²) in [7, 11) is 0. The summed E-state index contributed by atoms with van der Waals surface area (Å²) in [6.07, 6.45) is 7.85. The number of aliphatic hydroxyl groups is 1. The molecule has 1 aliphatic carbocycles. The summed E-state index contributed by atoms with van der Waals surface area (Å²) in [5.74, 6) is -1.63. The van der Waals surface area contributed by atoms with Crippen LogP contribution < -0.4 is 10.6 Å². The van der Waals surface area contributed by atoms with Crippen LogP contribution >= 0.6 is 0 Å². The maximum absolute atomic E-state index is 14.3. The number of nitrogens with one attached hydrogen (secondary N) is 2. The molecule has 3 aliphatic rings. The normalized spacial score (nSPS) is 24.2. The Morgan fingerprint density at radius 2 is 1.83 bits per heavy atom. The molecular formula is C30H36F2N6O3. The number of aliphatic imine (C=N–C) groups is 1. The Morgan fingerprint density at radius 1 is 1.15 bits per heavy atom. The van der Waals surface area contributed by atoms with Gasteiger partial charge in [-0.2, -0.15) is 0 Å². The fourth-order valence-electron chi connectivity index (χ4n) is 5.97. The molecular weight excluding hydrogens is 530 g/mol. The van der Waals surface area contributed by atoms with Crippen molar-refractivity contribution in [2.24, 2.45) is 4.99 Å². The van der Waals surface area contributed by atoms with Gasteiger partial charge in [-0.05, 0) is 76.3 Å². The van der Waals surface area contributed by atoms with E-state index in [1.165, 1.54) is 18.2 Å². The highest BCUT2D eigenvalue weighted by molar-refractivity contribution is 6.45. The van der Waals surface area contributed by atoms with Crippen molar-refractivity contribution in [1.29, 1.82) is 0 Å². The van der Waals surface area contributed by atoms with Crippen LogP contribution in [0.15, 0.2) is 47.7 Å². The highest BCUT2D eigenvalue weighted by Crippen LogP contribution is 2.36. The van der Waals surface area contributed by atoms with Gasteiger partial charge in [-0.15, -0.1) is 0 Å². The number of aromatic nitrogens is 2. The molecule has 0 radical (unpaired) electrons. The van der Waals surface area contributed by atoms with Crippen molar-refractivity contribution >= 4 is 23.1 Å². The molecule has 0 bridgehead atoms. The Labute approximate surface area is 238 Å². The van der Waals surface area contributed by atoms with E-state index in [2.05, 4.69) is 30.5 Å². The minimum absolute atomic E-state index is 0.0341. The van der Waals surface area contributed by atoms with E-state index in [1.54, 1.807) is 18.5 Å². The summed E-state index contributed by atoms with van der Waals surface area (Å²) in [5, 5.41) is 16.4. The largest absolute Gasteiger partial charge is 0.390 e. The Hall–Kier alpha value is -3.57. The molecule has 41 heavy (non-hydrogen) atoms. The van der Waals surface area contributed by atoms with Crippen LogP contribution in [0.4, 0.5) is 8.78 Å². The molecule has 2 fully saturated rings. The third-order valence-corrected chi connectivity index (χ3v) is 8.25. The number of hydrogen-bond donors (Lipinski definition) is 3. The summed E-state index contributed by atoms with van der Waals surface area (Å²) < 4.78 is 27.7. The molecule has 9 nitrogen and oxygen atoms in total. The van der Waals surface area contributed by atoms with Gasteiger partial charge in [0.1, 0.15) is 17.3 Å². The molecule has 5 rings (SSSR count). The van der Waals surface area contributed by atoms with E-state index in [0.717, 1.165) is 18.9 Å². The number of hydrogen-bond acceptors (Lipinski definition) is 7. The monoisotopic (exact) mass is 566 g/mol. The number of carbonyl (C=O) groups is 2. The number of likely N-dealkylation sites (tertiary alicyclic amines) is 1. The molecule has 2 amide bonds. The third-order valence-electron chi connectivity index (χ3n) is 8.25. The lowest BCUT2D eigenvalue weighted by atomic mass is 9.78. The zero-order chi connectivity index (χ0) is 29.4. The molecule has 1 aromatic carbocycles. The van der Waals surface area contributed by atoms with E-state index >= 15 is 0 Å². The maximum Gasteiger partial charge on any atom is 0.269 e. The first-order valence-corrected chi connectivity index (χ1v) is 13.9. The van der Waals surface area contributed by atoms with Crippen molar-refractivity contribution < 1.29 is 23.5 Å². The third kappa shape index (κ3) is 6.51. The average Bonchev–Trinajstić information content (AvgIpc) is 3.37. The fraction of sp³-hybridized carbons (Fsp3) is 0.500. The predicted molar refractivity (Wildman–Crippen MR) is 150 cm³/mol. The van der Waals surface area contributed by atoms with Gasteiger partial charge in [0, 0.05) is 43.2 Å². The number of carbonyl (C=O) groups excluding carboxylic acids is 2. The predicted octanol–water partition coefficient (Wildman–Crippen LogP) is 2.90. The van der Waals surface area contributed by atoms with Gasteiger partial charge >= 0.3 is 0 Å². The van der Waals surface area contributed by atoms with E-state index in [1.807, 2.05) is 20.8 Å². The Balaban J connectivity index is 1.29. The molecule has 218 valence electrons. The molecule has 0 spiro atoms. The topological polar surface area (TPSA) is 120 Å². The van der Waals surface area contributed by atoms with Gasteiger partial charge in [0.2, 0.25) is 5.91 Å². The average molecular weight is 567 g/mol. The molecule has 1 saturated carbocycles. The van der Waals surface area contributed by atoms with Gasteiger partial charge in [-0.25, -0.2) is 18.7 Å². The van der Waals surface area contributed by atoms with E-state index in [4.69, 9.17) is 0 Å². The van der Waals surface area contributed by atoms with Crippen molar-refractivity contribution in [3.63, 3.8) is 0 Å². The van der Waals surface area contributed by atoms with Gasteiger partial charge in [0.15, 0.2) is 5.82 Å². The molecule has 3 N–H and O–H groups in total. The standard InChI is InChI=1S/C30H36F2N6O3/c1-28(2,27-33-11-4-12-34-27)36-25(39)15-30(17-38(18-30)21-7-9-29(3,41)10-8-21)37-26(40)24-13-19(16-35-24)22-6-5-20(31)14-23(22)32/h4-6,11-14,21,41H,7-10,15-18H2,1-3H3,(H,36,39)(H,37,40). The van der Waals surface area contributed by atoms with E-state index in [0.29, 0.717) is 37.3 Å². The summed E-state index contributed by atoms with van der Waals surface area (Å²) in [4.78, 5) is 41.8. The van der Waals surface area contributed by atoms with E-state index in [9.17, 15) is 23.5 Å². The van der Waals surface area contributed by atoms with Crippen LogP contribution in [0.2, 0.25) is 0 Å². The van der Waals surface area contributed by atoms with Crippen molar-refractivity contribution in [3.05, 3.63) is 65.8 Å². The van der Waals surface area contributed by atoms with Crippen LogP contribution in [0.5, 0.6) is 0 Å². The van der Waals surface area contributed by atoms with E-state index < -0.39 is 34.2 Å². The summed E-state index contributed by atoms with van der Waals surface area (Å²) in [6.45, 7) is 6.53. The van der Waals surface area contributed by atoms with Crippen molar-refractivity contribution in [2.75, 3.05) is 19.6 Å². The fourth-order valence-corrected chi connectivity index (χ4v) is 5.97.